The smallest absolute Gasteiger partial charge is 0.338 e. The number of carbonyl (C=O) groups is 1. The molecule has 13 heteroatoms. The summed E-state index contributed by atoms with van der Waals surface area (Å²) in [4.78, 5) is 20.4. The van der Waals surface area contributed by atoms with Gasteiger partial charge in [-0.3, -0.25) is 10.00 Å². The van der Waals surface area contributed by atoms with E-state index >= 15 is 0 Å². The van der Waals surface area contributed by atoms with E-state index in [2.05, 4.69) is 76.5 Å². The van der Waals surface area contributed by atoms with Crippen LogP contribution in [-0.4, -0.2) is 63.5 Å². The number of aromatic nitrogens is 5. The average molecular weight is 675 g/mol. The molecule has 0 aliphatic carbocycles. The first-order valence-electron chi connectivity index (χ1n) is 15.9. The van der Waals surface area contributed by atoms with E-state index < -0.39 is 11.8 Å². The molecule has 1 aliphatic rings. The Hall–Kier alpha value is -4.81. The second-order valence-corrected chi connectivity index (χ2v) is 11.9. The number of H-pyrrole nitrogens is 1. The van der Waals surface area contributed by atoms with Gasteiger partial charge in [-0.15, -0.1) is 10.2 Å². The number of benzene rings is 3. The molecule has 1 aliphatic heterocycles. The van der Waals surface area contributed by atoms with Crippen LogP contribution in [0.1, 0.15) is 58.8 Å². The molecule has 1 saturated heterocycles. The summed E-state index contributed by atoms with van der Waals surface area (Å²) in [5.74, 6) is 1.37. The molecule has 0 saturated carbocycles. The molecule has 6 rings (SSSR count). The summed E-state index contributed by atoms with van der Waals surface area (Å²) in [6, 6.07) is 18.9. The molecule has 5 aromatic rings. The minimum Gasteiger partial charge on any atom is -0.465 e. The van der Waals surface area contributed by atoms with Crippen LogP contribution in [-0.2, 0) is 30.8 Å². The Morgan fingerprint density at radius 2 is 1.85 bits per heavy atom. The van der Waals surface area contributed by atoms with Gasteiger partial charge in [-0.25, -0.2) is 14.2 Å². The van der Waals surface area contributed by atoms with Crippen LogP contribution in [0.3, 0.4) is 0 Å². The summed E-state index contributed by atoms with van der Waals surface area (Å²) in [7, 11) is 3.33. The molecule has 1 fully saturated rings. The fraction of sp³-hybridized carbons (Fsp3) is 0.343. The maximum absolute atomic E-state index is 13.8. The molecule has 2 N–H and O–H groups in total. The third kappa shape index (κ3) is 8.75. The SMILES string of the molecule is CCc1n[nH]c(CNc2cc(C(=O)OC)cc(F)c2C)n1.CN(Cc1nnc(-c2ccccc2Cl)o1)Cc1ccccc1N1CCCC1. The number of nitrogens with zero attached hydrogens (tertiary/aromatic N) is 6. The molecular weight excluding hydrogens is 635 g/mol. The number of halogens is 2. The zero-order valence-electron chi connectivity index (χ0n) is 27.6. The van der Waals surface area contributed by atoms with Gasteiger partial charge < -0.3 is 19.4 Å². The number of rotatable bonds is 11. The monoisotopic (exact) mass is 674 g/mol. The van der Waals surface area contributed by atoms with Gasteiger partial charge in [-0.1, -0.05) is 48.9 Å². The Kier molecular flexibility index (Phi) is 11.8. The van der Waals surface area contributed by atoms with E-state index in [9.17, 15) is 9.18 Å². The molecule has 0 atom stereocenters. The van der Waals surface area contributed by atoms with Crippen LogP contribution in [0.5, 0.6) is 0 Å². The largest absolute Gasteiger partial charge is 0.465 e. The normalized spacial score (nSPS) is 12.6. The van der Waals surface area contributed by atoms with Crippen molar-refractivity contribution in [3.05, 3.63) is 106 Å². The zero-order chi connectivity index (χ0) is 34.0. The highest BCUT2D eigenvalue weighted by atomic mass is 35.5. The van der Waals surface area contributed by atoms with Crippen LogP contribution in [0.4, 0.5) is 15.8 Å². The molecule has 11 nitrogen and oxygen atoms in total. The van der Waals surface area contributed by atoms with Crippen LogP contribution in [0, 0.1) is 12.7 Å². The van der Waals surface area contributed by atoms with Gasteiger partial charge in [0.1, 0.15) is 11.6 Å². The van der Waals surface area contributed by atoms with Crippen LogP contribution in [0.25, 0.3) is 11.5 Å². The molecule has 0 radical (unpaired) electrons. The third-order valence-corrected chi connectivity index (χ3v) is 8.29. The quantitative estimate of drug-likeness (QED) is 0.144. The maximum atomic E-state index is 13.8. The lowest BCUT2D eigenvalue weighted by Gasteiger charge is -2.23. The minimum absolute atomic E-state index is 0.162. The van der Waals surface area contributed by atoms with E-state index in [1.807, 2.05) is 31.2 Å². The Morgan fingerprint density at radius 1 is 1.10 bits per heavy atom. The number of aromatic amines is 1. The van der Waals surface area contributed by atoms with Crippen molar-refractivity contribution >= 4 is 28.9 Å². The second kappa shape index (κ2) is 16.3. The molecule has 3 aromatic carbocycles. The van der Waals surface area contributed by atoms with Gasteiger partial charge in [-0.2, -0.15) is 5.10 Å². The second-order valence-electron chi connectivity index (χ2n) is 11.5. The van der Waals surface area contributed by atoms with Gasteiger partial charge in [0.15, 0.2) is 5.82 Å². The lowest BCUT2D eigenvalue weighted by atomic mass is 10.1. The molecule has 0 unspecified atom stereocenters. The highest BCUT2D eigenvalue weighted by Crippen LogP contribution is 2.28. The molecule has 2 aromatic heterocycles. The Balaban J connectivity index is 0.000000194. The van der Waals surface area contributed by atoms with Gasteiger partial charge in [0.05, 0.1) is 36.3 Å². The van der Waals surface area contributed by atoms with E-state index in [1.54, 1.807) is 13.0 Å². The van der Waals surface area contributed by atoms with Gasteiger partial charge in [0.25, 0.3) is 0 Å². The van der Waals surface area contributed by atoms with Crippen LogP contribution in [0.15, 0.2) is 65.1 Å². The summed E-state index contributed by atoms with van der Waals surface area (Å²) in [5, 5.41) is 18.8. The van der Waals surface area contributed by atoms with Crippen molar-refractivity contribution in [1.29, 1.82) is 0 Å². The molecule has 252 valence electrons. The lowest BCUT2D eigenvalue weighted by Crippen LogP contribution is -2.23. The van der Waals surface area contributed by atoms with Crippen molar-refractivity contribution in [2.24, 2.45) is 0 Å². The topological polar surface area (TPSA) is 125 Å². The van der Waals surface area contributed by atoms with Crippen LogP contribution in [0.2, 0.25) is 5.02 Å². The summed E-state index contributed by atoms with van der Waals surface area (Å²) in [6.07, 6.45) is 3.29. The molecule has 0 bridgehead atoms. The number of anilines is 2. The fourth-order valence-electron chi connectivity index (χ4n) is 5.40. The molecule has 48 heavy (non-hydrogen) atoms. The number of esters is 1. The summed E-state index contributed by atoms with van der Waals surface area (Å²) >= 11 is 6.22. The molecule has 3 heterocycles. The van der Waals surface area contributed by atoms with Gasteiger partial charge >= 0.3 is 5.97 Å². The van der Waals surface area contributed by atoms with E-state index in [0.29, 0.717) is 47.0 Å². The Bertz CT molecular complexity index is 1820. The van der Waals surface area contributed by atoms with E-state index in [-0.39, 0.29) is 5.56 Å². The van der Waals surface area contributed by atoms with E-state index in [1.165, 1.54) is 31.2 Å². The van der Waals surface area contributed by atoms with Crippen LogP contribution >= 0.6 is 11.6 Å². The van der Waals surface area contributed by atoms with Crippen molar-refractivity contribution in [3.8, 4) is 11.5 Å². The maximum Gasteiger partial charge on any atom is 0.338 e. The zero-order valence-corrected chi connectivity index (χ0v) is 28.4. The Labute approximate surface area is 284 Å². The first-order valence-corrected chi connectivity index (χ1v) is 16.2. The fourth-order valence-corrected chi connectivity index (χ4v) is 5.62. The number of hydrogen-bond acceptors (Lipinski definition) is 10. The van der Waals surface area contributed by atoms with Crippen LogP contribution < -0.4 is 10.2 Å². The van der Waals surface area contributed by atoms with Crippen molar-refractivity contribution in [3.63, 3.8) is 0 Å². The highest BCUT2D eigenvalue weighted by Gasteiger charge is 2.18. The van der Waals surface area contributed by atoms with Crippen molar-refractivity contribution in [1.82, 2.24) is 30.3 Å². The number of ether oxygens (including phenoxy) is 1. The third-order valence-electron chi connectivity index (χ3n) is 7.96. The van der Waals surface area contributed by atoms with Crippen molar-refractivity contribution in [2.45, 2.75) is 52.7 Å². The predicted molar refractivity (Wildman–Crippen MR) is 183 cm³/mol. The number of hydrogen-bond donors (Lipinski definition) is 2. The Morgan fingerprint density at radius 3 is 2.58 bits per heavy atom. The van der Waals surface area contributed by atoms with Crippen molar-refractivity contribution < 1.29 is 18.3 Å². The summed E-state index contributed by atoms with van der Waals surface area (Å²) in [5.41, 5.74) is 4.54. The number of para-hydroxylation sites is 1. The van der Waals surface area contributed by atoms with Gasteiger partial charge in [0.2, 0.25) is 11.8 Å². The molecule has 0 amide bonds. The highest BCUT2D eigenvalue weighted by molar-refractivity contribution is 6.33. The summed E-state index contributed by atoms with van der Waals surface area (Å²) < 4.78 is 24.3. The first-order chi connectivity index (χ1) is 23.2. The van der Waals surface area contributed by atoms with Crippen molar-refractivity contribution in [2.75, 3.05) is 37.5 Å². The summed E-state index contributed by atoms with van der Waals surface area (Å²) in [6.45, 7) is 7.66. The lowest BCUT2D eigenvalue weighted by molar-refractivity contribution is 0.0600. The number of methoxy groups -OCH3 is 1. The van der Waals surface area contributed by atoms with Gasteiger partial charge in [-0.05, 0) is 62.7 Å². The standard InChI is InChI=1S/C21H23ClN4O.C14H17FN4O2/c1-25(14-16-8-2-5-11-19(16)26-12-6-7-13-26)15-20-23-24-21(27-20)17-9-3-4-10-18(17)22;1-4-12-17-13(19-18-12)7-16-11-6-9(14(20)21-3)5-10(15)8(11)2/h2-5,8-11H,6-7,12-15H2,1H3;5-6,16H,4,7H2,1-3H3,(H,17,18,19). The average Bonchev–Trinajstić information content (AvgIpc) is 3.89. The van der Waals surface area contributed by atoms with Gasteiger partial charge in [0, 0.05) is 43.0 Å². The number of carbonyl (C=O) groups excluding carboxylic acids is 1. The first kappa shape index (κ1) is 34.5. The minimum atomic E-state index is -0.579. The molecular formula is C35H40ClFN8O3. The number of nitrogens with one attached hydrogen (secondary N) is 2. The van der Waals surface area contributed by atoms with E-state index in [4.69, 9.17) is 16.0 Å². The number of aryl methyl sites for hydroxylation is 1. The predicted octanol–water partition coefficient (Wildman–Crippen LogP) is 6.84. The van der Waals surface area contributed by atoms with E-state index in [0.717, 1.165) is 43.5 Å². The molecule has 0 spiro atoms.